The first-order chi connectivity index (χ1) is 8.58. The van der Waals surface area contributed by atoms with E-state index in [0.717, 1.165) is 31.7 Å². The minimum atomic E-state index is -0.135. The van der Waals surface area contributed by atoms with E-state index in [2.05, 4.69) is 15.1 Å². The Hall–Kier alpha value is -1.69. The number of nitrogens with two attached hydrogens (primary N) is 1. The van der Waals surface area contributed by atoms with Gasteiger partial charge in [-0.05, 0) is 25.0 Å². The van der Waals surface area contributed by atoms with E-state index in [4.69, 9.17) is 5.73 Å². The van der Waals surface area contributed by atoms with Gasteiger partial charge in [-0.1, -0.05) is 0 Å². The molecule has 1 fully saturated rings. The van der Waals surface area contributed by atoms with Crippen molar-refractivity contribution in [3.63, 3.8) is 0 Å². The van der Waals surface area contributed by atoms with Gasteiger partial charge in [0.15, 0.2) is 11.5 Å². The molecule has 0 saturated carbocycles. The maximum absolute atomic E-state index is 11.7. The molecule has 1 aliphatic heterocycles. The van der Waals surface area contributed by atoms with Gasteiger partial charge in [0.2, 0.25) is 0 Å². The molecule has 0 radical (unpaired) electrons. The van der Waals surface area contributed by atoms with Crippen molar-refractivity contribution in [1.29, 1.82) is 0 Å². The third kappa shape index (κ3) is 2.76. The molecule has 98 valence electrons. The fraction of sp³-hybridized carbons (Fsp3) is 0.583. The van der Waals surface area contributed by atoms with Crippen LogP contribution in [0.2, 0.25) is 0 Å². The van der Waals surface area contributed by atoms with Gasteiger partial charge in [-0.15, -0.1) is 10.2 Å². The summed E-state index contributed by atoms with van der Waals surface area (Å²) < 4.78 is 0. The summed E-state index contributed by atoms with van der Waals surface area (Å²) in [6.45, 7) is 1.75. The largest absolute Gasteiger partial charge is 0.354 e. The van der Waals surface area contributed by atoms with Crippen molar-refractivity contribution >= 4 is 11.7 Å². The van der Waals surface area contributed by atoms with Crippen LogP contribution in [-0.2, 0) is 0 Å². The number of hydrogen-bond donors (Lipinski definition) is 1. The first-order valence-electron chi connectivity index (χ1n) is 6.14. The zero-order chi connectivity index (χ0) is 13.1. The number of carbonyl (C=O) groups is 1. The summed E-state index contributed by atoms with van der Waals surface area (Å²) >= 11 is 0. The molecule has 1 amide bonds. The second kappa shape index (κ2) is 5.30. The monoisotopic (exact) mass is 249 g/mol. The Balaban J connectivity index is 2.10. The van der Waals surface area contributed by atoms with Crippen LogP contribution in [0.3, 0.4) is 0 Å². The number of carbonyl (C=O) groups excluding carboxylic acids is 1. The van der Waals surface area contributed by atoms with Gasteiger partial charge in [0, 0.05) is 33.2 Å². The van der Waals surface area contributed by atoms with Crippen molar-refractivity contribution in [2.75, 3.05) is 32.1 Å². The van der Waals surface area contributed by atoms with Crippen molar-refractivity contribution in [3.8, 4) is 0 Å². The highest BCUT2D eigenvalue weighted by Crippen LogP contribution is 2.16. The fourth-order valence-corrected chi connectivity index (χ4v) is 2.06. The standard InChI is InChI=1S/C12H19N5O/c1-16(2)12(18)10-5-6-11(15-14-10)17-7-3-4-9(13)8-17/h5-6,9H,3-4,7-8,13H2,1-2H3. The van der Waals surface area contributed by atoms with E-state index >= 15 is 0 Å². The van der Waals surface area contributed by atoms with Crippen molar-refractivity contribution in [2.45, 2.75) is 18.9 Å². The zero-order valence-corrected chi connectivity index (χ0v) is 10.8. The minimum Gasteiger partial charge on any atom is -0.354 e. The quantitative estimate of drug-likeness (QED) is 0.805. The highest BCUT2D eigenvalue weighted by atomic mass is 16.2. The average Bonchev–Trinajstić information content (AvgIpc) is 2.38. The SMILES string of the molecule is CN(C)C(=O)c1ccc(N2CCCC(N)C2)nn1. The Morgan fingerprint density at radius 3 is 2.78 bits per heavy atom. The molecule has 6 nitrogen and oxygen atoms in total. The van der Waals surface area contributed by atoms with Crippen LogP contribution in [0.1, 0.15) is 23.3 Å². The number of rotatable bonds is 2. The number of hydrogen-bond acceptors (Lipinski definition) is 5. The van der Waals surface area contributed by atoms with Gasteiger partial charge >= 0.3 is 0 Å². The van der Waals surface area contributed by atoms with Gasteiger partial charge in [0.25, 0.3) is 5.91 Å². The third-order valence-electron chi connectivity index (χ3n) is 3.06. The summed E-state index contributed by atoms with van der Waals surface area (Å²) in [5, 5.41) is 8.09. The van der Waals surface area contributed by atoms with Gasteiger partial charge < -0.3 is 15.5 Å². The highest BCUT2D eigenvalue weighted by Gasteiger charge is 2.19. The molecule has 1 unspecified atom stereocenters. The molecule has 2 N–H and O–H groups in total. The second-order valence-electron chi connectivity index (χ2n) is 4.82. The molecule has 1 atom stereocenters. The van der Waals surface area contributed by atoms with E-state index in [9.17, 15) is 4.79 Å². The summed E-state index contributed by atoms with van der Waals surface area (Å²) in [6, 6.07) is 3.75. The molecule has 6 heteroatoms. The van der Waals surface area contributed by atoms with Crippen LogP contribution in [0, 0.1) is 0 Å². The summed E-state index contributed by atoms with van der Waals surface area (Å²) in [5.41, 5.74) is 6.30. The summed E-state index contributed by atoms with van der Waals surface area (Å²) in [4.78, 5) is 15.3. The van der Waals surface area contributed by atoms with Crippen LogP contribution < -0.4 is 10.6 Å². The predicted molar refractivity (Wildman–Crippen MR) is 69.5 cm³/mol. The number of amides is 1. The van der Waals surface area contributed by atoms with Crippen LogP contribution in [-0.4, -0.2) is 54.2 Å². The molecular formula is C12H19N5O. The number of aromatic nitrogens is 2. The van der Waals surface area contributed by atoms with Gasteiger partial charge in [-0.25, -0.2) is 0 Å². The molecule has 0 spiro atoms. The van der Waals surface area contributed by atoms with Crippen LogP contribution in [0.25, 0.3) is 0 Å². The smallest absolute Gasteiger partial charge is 0.273 e. The van der Waals surface area contributed by atoms with Crippen LogP contribution in [0.4, 0.5) is 5.82 Å². The lowest BCUT2D eigenvalue weighted by molar-refractivity contribution is 0.0821. The Morgan fingerprint density at radius 2 is 2.22 bits per heavy atom. The second-order valence-corrected chi connectivity index (χ2v) is 4.82. The lowest BCUT2D eigenvalue weighted by Gasteiger charge is -2.31. The third-order valence-corrected chi connectivity index (χ3v) is 3.06. The number of piperidine rings is 1. The van der Waals surface area contributed by atoms with Crippen LogP contribution >= 0.6 is 0 Å². The topological polar surface area (TPSA) is 75.4 Å². The molecule has 0 bridgehead atoms. The molecule has 2 rings (SSSR count). The van der Waals surface area contributed by atoms with Crippen molar-refractivity contribution in [3.05, 3.63) is 17.8 Å². The zero-order valence-electron chi connectivity index (χ0n) is 10.8. The minimum absolute atomic E-state index is 0.135. The Labute approximate surface area is 107 Å². The lowest BCUT2D eigenvalue weighted by atomic mass is 10.1. The maximum Gasteiger partial charge on any atom is 0.273 e. The number of anilines is 1. The van der Waals surface area contributed by atoms with Crippen molar-refractivity contribution in [1.82, 2.24) is 15.1 Å². The predicted octanol–water partition coefficient (Wildman–Crippen LogP) is 0.106. The van der Waals surface area contributed by atoms with Crippen molar-refractivity contribution in [2.24, 2.45) is 5.73 Å². The van der Waals surface area contributed by atoms with Gasteiger partial charge in [-0.3, -0.25) is 4.79 Å². The molecule has 1 aromatic heterocycles. The summed E-state index contributed by atoms with van der Waals surface area (Å²) in [7, 11) is 3.39. The summed E-state index contributed by atoms with van der Waals surface area (Å²) in [6.07, 6.45) is 2.13. The van der Waals surface area contributed by atoms with Crippen molar-refractivity contribution < 1.29 is 4.79 Å². The molecular weight excluding hydrogens is 230 g/mol. The molecule has 2 heterocycles. The fourth-order valence-electron chi connectivity index (χ4n) is 2.06. The average molecular weight is 249 g/mol. The van der Waals surface area contributed by atoms with E-state index in [0.29, 0.717) is 5.69 Å². The molecule has 1 aromatic rings. The van der Waals surface area contributed by atoms with E-state index in [1.807, 2.05) is 6.07 Å². The molecule has 18 heavy (non-hydrogen) atoms. The van der Waals surface area contributed by atoms with Gasteiger partial charge in [-0.2, -0.15) is 0 Å². The van der Waals surface area contributed by atoms with Gasteiger partial charge in [0.05, 0.1) is 0 Å². The normalized spacial score (nSPS) is 19.7. The van der Waals surface area contributed by atoms with E-state index in [1.54, 1.807) is 20.2 Å². The van der Waals surface area contributed by atoms with Gasteiger partial charge in [0.1, 0.15) is 0 Å². The first-order valence-corrected chi connectivity index (χ1v) is 6.14. The molecule has 1 aliphatic rings. The van der Waals surface area contributed by atoms with Crippen LogP contribution in [0.5, 0.6) is 0 Å². The molecule has 0 aromatic carbocycles. The van der Waals surface area contributed by atoms with E-state index < -0.39 is 0 Å². The first kappa shape index (κ1) is 12.8. The maximum atomic E-state index is 11.7. The van der Waals surface area contributed by atoms with Crippen LogP contribution in [0.15, 0.2) is 12.1 Å². The Bertz CT molecular complexity index is 417. The van der Waals surface area contributed by atoms with E-state index in [-0.39, 0.29) is 11.9 Å². The molecule has 0 aliphatic carbocycles. The van der Waals surface area contributed by atoms with E-state index in [1.165, 1.54) is 4.90 Å². The molecule has 1 saturated heterocycles. The lowest BCUT2D eigenvalue weighted by Crippen LogP contribution is -2.43. The summed E-state index contributed by atoms with van der Waals surface area (Å²) in [5.74, 6) is 0.657. The highest BCUT2D eigenvalue weighted by molar-refractivity contribution is 5.91. The Kier molecular flexibility index (Phi) is 3.76. The number of nitrogens with zero attached hydrogens (tertiary/aromatic N) is 4. The Morgan fingerprint density at radius 1 is 1.44 bits per heavy atom.